The predicted octanol–water partition coefficient (Wildman–Crippen LogP) is 2.84. The fourth-order valence-corrected chi connectivity index (χ4v) is 4.93. The second kappa shape index (κ2) is 5.53. The molecule has 4 heteroatoms. The summed E-state index contributed by atoms with van der Waals surface area (Å²) in [4.78, 5) is 2.63. The van der Waals surface area contributed by atoms with Crippen molar-refractivity contribution in [3.05, 3.63) is 35.4 Å². The number of methoxy groups -OCH3 is 2. The van der Waals surface area contributed by atoms with Crippen LogP contribution in [0.2, 0.25) is 0 Å². The van der Waals surface area contributed by atoms with Crippen molar-refractivity contribution < 1.29 is 14.6 Å². The maximum absolute atomic E-state index is 10.4. The highest BCUT2D eigenvalue weighted by molar-refractivity contribution is 5.51. The SMILES string of the molecule is COc1cc2c(cc1O)[C@]13C[C@@H](OC)C=C[C@@H]1CCN3CCC2. The molecule has 0 aromatic heterocycles. The summed E-state index contributed by atoms with van der Waals surface area (Å²) >= 11 is 0. The van der Waals surface area contributed by atoms with Gasteiger partial charge in [-0.2, -0.15) is 0 Å². The van der Waals surface area contributed by atoms with Crippen LogP contribution in [0.15, 0.2) is 24.3 Å². The van der Waals surface area contributed by atoms with E-state index in [2.05, 4.69) is 17.1 Å². The Morgan fingerprint density at radius 3 is 2.87 bits per heavy atom. The molecule has 3 aliphatic rings. The third kappa shape index (κ3) is 2.12. The Kier molecular flexibility index (Phi) is 3.62. The molecule has 1 aromatic carbocycles. The molecule has 23 heavy (non-hydrogen) atoms. The highest BCUT2D eigenvalue weighted by atomic mass is 16.5. The first kappa shape index (κ1) is 15.0. The van der Waals surface area contributed by atoms with E-state index in [9.17, 15) is 5.11 Å². The van der Waals surface area contributed by atoms with E-state index in [0.29, 0.717) is 11.7 Å². The van der Waals surface area contributed by atoms with E-state index in [0.717, 1.165) is 32.4 Å². The molecule has 1 saturated heterocycles. The van der Waals surface area contributed by atoms with Crippen molar-refractivity contribution in [2.45, 2.75) is 37.3 Å². The van der Waals surface area contributed by atoms with Crippen LogP contribution in [-0.4, -0.2) is 43.4 Å². The Bertz CT molecular complexity index is 642. The number of aromatic hydroxyl groups is 1. The molecule has 2 heterocycles. The molecule has 0 amide bonds. The van der Waals surface area contributed by atoms with Crippen molar-refractivity contribution in [3.63, 3.8) is 0 Å². The van der Waals surface area contributed by atoms with Crippen LogP contribution in [0.1, 0.15) is 30.4 Å². The molecule has 4 rings (SSSR count). The van der Waals surface area contributed by atoms with E-state index in [-0.39, 0.29) is 17.4 Å². The van der Waals surface area contributed by atoms with Gasteiger partial charge in [0, 0.05) is 19.4 Å². The monoisotopic (exact) mass is 315 g/mol. The Balaban J connectivity index is 1.90. The summed E-state index contributed by atoms with van der Waals surface area (Å²) in [5, 5.41) is 10.4. The third-order valence-electron chi connectivity index (χ3n) is 6.01. The molecule has 0 radical (unpaired) electrons. The quantitative estimate of drug-likeness (QED) is 0.852. The highest BCUT2D eigenvalue weighted by Crippen LogP contribution is 2.53. The first-order valence-corrected chi connectivity index (χ1v) is 8.55. The number of hydrogen-bond donors (Lipinski definition) is 1. The molecular formula is C19H25NO3. The van der Waals surface area contributed by atoms with Gasteiger partial charge in [0.05, 0.1) is 18.8 Å². The van der Waals surface area contributed by atoms with E-state index in [1.165, 1.54) is 17.5 Å². The number of benzene rings is 1. The minimum atomic E-state index is -0.0367. The van der Waals surface area contributed by atoms with Gasteiger partial charge >= 0.3 is 0 Å². The summed E-state index contributed by atoms with van der Waals surface area (Å²) in [7, 11) is 3.40. The lowest BCUT2D eigenvalue weighted by Crippen LogP contribution is -2.48. The maximum atomic E-state index is 10.4. The highest BCUT2D eigenvalue weighted by Gasteiger charge is 2.53. The average Bonchev–Trinajstić information content (AvgIpc) is 2.87. The van der Waals surface area contributed by atoms with Crippen molar-refractivity contribution >= 4 is 0 Å². The summed E-state index contributed by atoms with van der Waals surface area (Å²) in [6, 6.07) is 4.00. The molecule has 1 aromatic rings. The van der Waals surface area contributed by atoms with Crippen LogP contribution in [0.4, 0.5) is 0 Å². The summed E-state index contributed by atoms with van der Waals surface area (Å²) < 4.78 is 11.0. The Hall–Kier alpha value is -1.52. The molecule has 4 nitrogen and oxygen atoms in total. The summed E-state index contributed by atoms with van der Waals surface area (Å²) in [5.41, 5.74) is 2.56. The van der Waals surface area contributed by atoms with Gasteiger partial charge in [0.2, 0.25) is 0 Å². The number of ether oxygens (including phenoxy) is 2. The largest absolute Gasteiger partial charge is 0.504 e. The van der Waals surface area contributed by atoms with Crippen molar-refractivity contribution in [1.29, 1.82) is 0 Å². The lowest BCUT2D eigenvalue weighted by Gasteiger charge is -2.45. The molecule has 0 unspecified atom stereocenters. The topological polar surface area (TPSA) is 41.9 Å². The number of aryl methyl sites for hydroxylation is 1. The maximum Gasteiger partial charge on any atom is 0.160 e. The van der Waals surface area contributed by atoms with Gasteiger partial charge < -0.3 is 14.6 Å². The van der Waals surface area contributed by atoms with Crippen molar-refractivity contribution in [2.75, 3.05) is 27.3 Å². The predicted molar refractivity (Wildman–Crippen MR) is 88.9 cm³/mol. The van der Waals surface area contributed by atoms with Gasteiger partial charge in [-0.15, -0.1) is 0 Å². The molecule has 1 aliphatic carbocycles. The minimum absolute atomic E-state index is 0.0367. The normalized spacial score (nSPS) is 32.8. The van der Waals surface area contributed by atoms with E-state index >= 15 is 0 Å². The third-order valence-corrected chi connectivity index (χ3v) is 6.01. The van der Waals surface area contributed by atoms with Gasteiger partial charge in [-0.3, -0.25) is 4.90 Å². The van der Waals surface area contributed by atoms with Crippen molar-refractivity contribution in [1.82, 2.24) is 4.90 Å². The van der Waals surface area contributed by atoms with Crippen molar-refractivity contribution in [3.8, 4) is 11.5 Å². The second-order valence-corrected chi connectivity index (χ2v) is 6.95. The van der Waals surface area contributed by atoms with Crippen LogP contribution < -0.4 is 4.74 Å². The molecule has 124 valence electrons. The van der Waals surface area contributed by atoms with E-state index in [4.69, 9.17) is 9.47 Å². The van der Waals surface area contributed by atoms with Crippen LogP contribution >= 0.6 is 0 Å². The molecule has 2 aliphatic heterocycles. The van der Waals surface area contributed by atoms with Gasteiger partial charge in [0.15, 0.2) is 11.5 Å². The average molecular weight is 315 g/mol. The van der Waals surface area contributed by atoms with Crippen molar-refractivity contribution in [2.24, 2.45) is 5.92 Å². The standard InChI is InChI=1S/C19H25NO3/c1-22-15-6-5-14-7-9-20-8-3-4-13-10-18(23-2)17(21)11-16(13)19(14,20)12-15/h5-6,10-11,14-15,21H,3-4,7-9,12H2,1-2H3/t14-,15+,19+/m1/s1. The van der Waals surface area contributed by atoms with Crippen LogP contribution in [-0.2, 0) is 16.7 Å². The van der Waals surface area contributed by atoms with E-state index in [1.807, 2.05) is 12.1 Å². The molecule has 1 N–H and O–H groups in total. The van der Waals surface area contributed by atoms with Gasteiger partial charge in [0.25, 0.3) is 0 Å². The number of hydrogen-bond acceptors (Lipinski definition) is 4. The van der Waals surface area contributed by atoms with Gasteiger partial charge in [-0.25, -0.2) is 0 Å². The summed E-state index contributed by atoms with van der Waals surface area (Å²) in [6.07, 6.45) is 9.03. The van der Waals surface area contributed by atoms with Gasteiger partial charge in [-0.1, -0.05) is 12.2 Å². The van der Waals surface area contributed by atoms with Crippen LogP contribution in [0.3, 0.4) is 0 Å². The molecule has 1 fully saturated rings. The minimum Gasteiger partial charge on any atom is -0.504 e. The zero-order valence-electron chi connectivity index (χ0n) is 13.9. The number of rotatable bonds is 2. The number of phenolic OH excluding ortho intramolecular Hbond substituents is 1. The molecular weight excluding hydrogens is 290 g/mol. The lowest BCUT2D eigenvalue weighted by atomic mass is 9.70. The van der Waals surface area contributed by atoms with Crippen LogP contribution in [0.5, 0.6) is 11.5 Å². The smallest absolute Gasteiger partial charge is 0.160 e. The molecule has 0 bridgehead atoms. The lowest BCUT2D eigenvalue weighted by molar-refractivity contribution is 0.0286. The fraction of sp³-hybridized carbons (Fsp3) is 0.579. The summed E-state index contributed by atoms with van der Waals surface area (Å²) in [5.74, 6) is 1.33. The Morgan fingerprint density at radius 2 is 2.09 bits per heavy atom. The van der Waals surface area contributed by atoms with E-state index in [1.54, 1.807) is 14.2 Å². The van der Waals surface area contributed by atoms with Crippen LogP contribution in [0.25, 0.3) is 0 Å². The van der Waals surface area contributed by atoms with Gasteiger partial charge in [-0.05, 0) is 55.6 Å². The Labute approximate surface area is 137 Å². The number of phenols is 1. The second-order valence-electron chi connectivity index (χ2n) is 6.95. The molecule has 0 saturated carbocycles. The number of fused-ring (bicyclic) bond motifs is 1. The van der Waals surface area contributed by atoms with Gasteiger partial charge in [0.1, 0.15) is 0 Å². The zero-order chi connectivity index (χ0) is 16.0. The number of nitrogens with zero attached hydrogens (tertiary/aromatic N) is 1. The van der Waals surface area contributed by atoms with Crippen LogP contribution in [0, 0.1) is 5.92 Å². The van der Waals surface area contributed by atoms with E-state index < -0.39 is 0 Å². The fourth-order valence-electron chi connectivity index (χ4n) is 4.93. The summed E-state index contributed by atoms with van der Waals surface area (Å²) in [6.45, 7) is 2.23. The molecule has 3 atom stereocenters. The first-order chi connectivity index (χ1) is 11.2. The molecule has 1 spiro atoms. The first-order valence-electron chi connectivity index (χ1n) is 8.55. The Morgan fingerprint density at radius 1 is 1.22 bits per heavy atom. The zero-order valence-corrected chi connectivity index (χ0v) is 13.9.